The van der Waals surface area contributed by atoms with Crippen molar-refractivity contribution < 1.29 is 23.8 Å². The van der Waals surface area contributed by atoms with Gasteiger partial charge in [0, 0.05) is 26.3 Å². The number of hydrogen-bond acceptors (Lipinski definition) is 6. The lowest BCUT2D eigenvalue weighted by atomic mass is 9.92. The molecule has 0 saturated carbocycles. The van der Waals surface area contributed by atoms with E-state index in [0.717, 1.165) is 28.1 Å². The van der Waals surface area contributed by atoms with Crippen molar-refractivity contribution in [2.75, 3.05) is 39.3 Å². The number of carbonyl (C=O) groups excluding carboxylic acids is 2. The monoisotopic (exact) mass is 440 g/mol. The second kappa shape index (κ2) is 10.4. The molecule has 3 rings (SSSR count). The van der Waals surface area contributed by atoms with Crippen LogP contribution in [0.2, 0.25) is 0 Å². The number of fused-ring (bicyclic) bond motifs is 1. The fourth-order valence-electron chi connectivity index (χ4n) is 3.67. The number of anilines is 1. The zero-order chi connectivity index (χ0) is 23.3. The van der Waals surface area contributed by atoms with Crippen molar-refractivity contribution >= 4 is 17.7 Å². The van der Waals surface area contributed by atoms with Gasteiger partial charge in [-0.15, -0.1) is 0 Å². The average molecular weight is 441 g/mol. The molecule has 7 nitrogen and oxygen atoms in total. The van der Waals surface area contributed by atoms with Crippen molar-refractivity contribution in [2.45, 2.75) is 32.9 Å². The van der Waals surface area contributed by atoms with Crippen LogP contribution in [-0.4, -0.2) is 51.3 Å². The van der Waals surface area contributed by atoms with E-state index in [1.807, 2.05) is 69.2 Å². The summed E-state index contributed by atoms with van der Waals surface area (Å²) in [5.74, 6) is 0.450. The Morgan fingerprint density at radius 1 is 1.16 bits per heavy atom. The van der Waals surface area contributed by atoms with Crippen LogP contribution in [0.25, 0.3) is 0 Å². The Morgan fingerprint density at radius 3 is 2.62 bits per heavy atom. The maximum absolute atomic E-state index is 12.6. The second-order valence-corrected chi connectivity index (χ2v) is 8.55. The lowest BCUT2D eigenvalue weighted by Gasteiger charge is -2.35. The molecule has 0 spiro atoms. The standard InChI is InChI=1S/C25H32N2O5/c1-17(2)15-32-25(29)27-12-11-19-14-21(9-10-22(19)23(27)24(28)30-5)31-16-18-7-6-8-20(13-18)26(3)4/h6-10,13-14,17,23H,11-12,15-16H2,1-5H3. The molecule has 0 bridgehead atoms. The molecule has 0 aliphatic carbocycles. The van der Waals surface area contributed by atoms with Gasteiger partial charge < -0.3 is 19.1 Å². The van der Waals surface area contributed by atoms with Crippen LogP contribution in [0.5, 0.6) is 5.75 Å². The SMILES string of the molecule is COC(=O)C1c2ccc(OCc3cccc(N(C)C)c3)cc2CCN1C(=O)OCC(C)C. The number of nitrogens with zero attached hydrogens (tertiary/aromatic N) is 2. The number of amides is 1. The summed E-state index contributed by atoms with van der Waals surface area (Å²) < 4.78 is 16.4. The first-order chi connectivity index (χ1) is 15.3. The number of carbonyl (C=O) groups is 2. The largest absolute Gasteiger partial charge is 0.489 e. The van der Waals surface area contributed by atoms with Crippen LogP contribution >= 0.6 is 0 Å². The Bertz CT molecular complexity index is 957. The summed E-state index contributed by atoms with van der Waals surface area (Å²) in [6.07, 6.45) is 0.105. The minimum atomic E-state index is -0.825. The van der Waals surface area contributed by atoms with Crippen molar-refractivity contribution in [1.29, 1.82) is 0 Å². The van der Waals surface area contributed by atoms with E-state index in [0.29, 0.717) is 26.2 Å². The van der Waals surface area contributed by atoms with Crippen LogP contribution in [0, 0.1) is 5.92 Å². The maximum Gasteiger partial charge on any atom is 0.410 e. The third kappa shape index (κ3) is 5.52. The van der Waals surface area contributed by atoms with Crippen LogP contribution in [0.3, 0.4) is 0 Å². The fourth-order valence-corrected chi connectivity index (χ4v) is 3.67. The molecule has 2 aromatic carbocycles. The predicted octanol–water partition coefficient (Wildman–Crippen LogP) is 4.20. The Balaban J connectivity index is 1.76. The Kier molecular flexibility index (Phi) is 7.62. The summed E-state index contributed by atoms with van der Waals surface area (Å²) in [5, 5.41) is 0. The van der Waals surface area contributed by atoms with Gasteiger partial charge in [-0.05, 0) is 53.3 Å². The van der Waals surface area contributed by atoms with Crippen LogP contribution in [0.1, 0.15) is 36.6 Å². The Hall–Kier alpha value is -3.22. The van der Waals surface area contributed by atoms with Gasteiger partial charge in [-0.25, -0.2) is 9.59 Å². The van der Waals surface area contributed by atoms with Gasteiger partial charge in [0.25, 0.3) is 0 Å². The first kappa shape index (κ1) is 23.4. The molecule has 1 atom stereocenters. The van der Waals surface area contributed by atoms with Gasteiger partial charge in [0.15, 0.2) is 6.04 Å². The van der Waals surface area contributed by atoms with Crippen LogP contribution in [0.15, 0.2) is 42.5 Å². The molecule has 0 aromatic heterocycles. The highest BCUT2D eigenvalue weighted by molar-refractivity contribution is 5.84. The molecule has 0 saturated heterocycles. The van der Waals surface area contributed by atoms with Crippen molar-refractivity contribution in [3.63, 3.8) is 0 Å². The van der Waals surface area contributed by atoms with Crippen molar-refractivity contribution in [3.8, 4) is 5.75 Å². The number of esters is 1. The average Bonchev–Trinajstić information content (AvgIpc) is 2.79. The zero-order valence-corrected chi connectivity index (χ0v) is 19.5. The number of hydrogen-bond donors (Lipinski definition) is 0. The molecule has 0 N–H and O–H groups in total. The fraction of sp³-hybridized carbons (Fsp3) is 0.440. The zero-order valence-electron chi connectivity index (χ0n) is 19.5. The molecule has 1 heterocycles. The van der Waals surface area contributed by atoms with E-state index in [1.54, 1.807) is 0 Å². The number of methoxy groups -OCH3 is 1. The Morgan fingerprint density at radius 2 is 1.94 bits per heavy atom. The maximum atomic E-state index is 12.6. The Labute approximate surface area is 189 Å². The number of ether oxygens (including phenoxy) is 3. The van der Waals surface area contributed by atoms with Crippen LogP contribution < -0.4 is 9.64 Å². The van der Waals surface area contributed by atoms with Crippen LogP contribution in [-0.2, 0) is 27.3 Å². The lowest BCUT2D eigenvalue weighted by molar-refractivity contribution is -0.147. The highest BCUT2D eigenvalue weighted by Gasteiger charge is 2.37. The molecular formula is C25H32N2O5. The van der Waals surface area contributed by atoms with Gasteiger partial charge in [-0.1, -0.05) is 32.0 Å². The van der Waals surface area contributed by atoms with E-state index in [9.17, 15) is 9.59 Å². The van der Waals surface area contributed by atoms with Gasteiger partial charge in [-0.2, -0.15) is 0 Å². The minimum absolute atomic E-state index is 0.214. The van der Waals surface area contributed by atoms with Gasteiger partial charge in [0.05, 0.1) is 13.7 Å². The summed E-state index contributed by atoms with van der Waals surface area (Å²) >= 11 is 0. The molecule has 1 unspecified atom stereocenters. The molecule has 1 amide bonds. The smallest absolute Gasteiger partial charge is 0.410 e. The molecule has 7 heteroatoms. The van der Waals surface area contributed by atoms with E-state index in [1.165, 1.54) is 12.0 Å². The third-order valence-corrected chi connectivity index (χ3v) is 5.37. The number of benzene rings is 2. The normalized spacial score (nSPS) is 15.2. The molecule has 32 heavy (non-hydrogen) atoms. The van der Waals surface area contributed by atoms with E-state index < -0.39 is 18.1 Å². The lowest BCUT2D eigenvalue weighted by Crippen LogP contribution is -2.44. The molecule has 0 radical (unpaired) electrons. The first-order valence-electron chi connectivity index (χ1n) is 10.8. The minimum Gasteiger partial charge on any atom is -0.489 e. The summed E-state index contributed by atoms with van der Waals surface area (Å²) in [6.45, 7) is 5.05. The highest BCUT2D eigenvalue weighted by Crippen LogP contribution is 2.34. The molecule has 172 valence electrons. The summed E-state index contributed by atoms with van der Waals surface area (Å²) in [4.78, 5) is 28.7. The molecule has 1 aliphatic heterocycles. The van der Waals surface area contributed by atoms with E-state index in [-0.39, 0.29) is 5.92 Å². The third-order valence-electron chi connectivity index (χ3n) is 5.37. The van der Waals surface area contributed by atoms with Gasteiger partial charge in [0.1, 0.15) is 12.4 Å². The summed E-state index contributed by atoms with van der Waals surface area (Å²) in [7, 11) is 5.33. The van der Waals surface area contributed by atoms with Crippen molar-refractivity contribution in [3.05, 3.63) is 59.2 Å². The quantitative estimate of drug-likeness (QED) is 0.601. The summed E-state index contributed by atoms with van der Waals surface area (Å²) in [6, 6.07) is 13.0. The van der Waals surface area contributed by atoms with E-state index >= 15 is 0 Å². The van der Waals surface area contributed by atoms with Crippen molar-refractivity contribution in [2.24, 2.45) is 5.92 Å². The highest BCUT2D eigenvalue weighted by atomic mass is 16.6. The van der Waals surface area contributed by atoms with Gasteiger partial charge in [0.2, 0.25) is 0 Å². The van der Waals surface area contributed by atoms with E-state index in [2.05, 4.69) is 6.07 Å². The topological polar surface area (TPSA) is 68.3 Å². The molecular weight excluding hydrogens is 408 g/mol. The predicted molar refractivity (Wildman–Crippen MR) is 123 cm³/mol. The molecule has 0 fully saturated rings. The van der Waals surface area contributed by atoms with Crippen molar-refractivity contribution in [1.82, 2.24) is 4.90 Å². The second-order valence-electron chi connectivity index (χ2n) is 8.55. The van der Waals surface area contributed by atoms with Crippen LogP contribution in [0.4, 0.5) is 10.5 Å². The molecule has 2 aromatic rings. The van der Waals surface area contributed by atoms with Gasteiger partial charge >= 0.3 is 12.1 Å². The summed E-state index contributed by atoms with van der Waals surface area (Å²) in [5.41, 5.74) is 3.89. The van der Waals surface area contributed by atoms with Gasteiger partial charge in [-0.3, -0.25) is 4.90 Å². The van der Waals surface area contributed by atoms with E-state index in [4.69, 9.17) is 14.2 Å². The number of rotatable bonds is 7. The first-order valence-corrected chi connectivity index (χ1v) is 10.8. The molecule has 1 aliphatic rings.